The van der Waals surface area contributed by atoms with E-state index < -0.39 is 23.4 Å². The number of aliphatic hydroxyl groups is 2. The van der Waals surface area contributed by atoms with Crippen LogP contribution in [0.15, 0.2) is 11.6 Å². The van der Waals surface area contributed by atoms with Crippen LogP contribution < -0.4 is 0 Å². The van der Waals surface area contributed by atoms with Crippen LogP contribution in [-0.2, 0) is 9.59 Å². The summed E-state index contributed by atoms with van der Waals surface area (Å²) in [7, 11) is 0. The summed E-state index contributed by atoms with van der Waals surface area (Å²) < 4.78 is 0. The Hall–Kier alpha value is -1.00. The molecule has 4 rings (SSSR count). The summed E-state index contributed by atoms with van der Waals surface area (Å²) in [6, 6.07) is 0. The molecule has 0 aromatic rings. The lowest BCUT2D eigenvalue weighted by Gasteiger charge is -2.56. The first-order chi connectivity index (χ1) is 12.2. The number of Topliss-reactive ketones (excluding diaryl/α,β-unsaturated/α-hetero) is 2. The zero-order chi connectivity index (χ0) is 18.9. The number of allylic oxidation sites excluding steroid dienone is 2. The SMILES string of the molecule is C[C@H]1C[C@H]2[C@@H]3CC[C@@H]4CC(=O)CC[C@]4(C)C3=CC[C@]2(C)[C@@]1(O)C(=O)CO. The first kappa shape index (κ1) is 18.4. The van der Waals surface area contributed by atoms with Gasteiger partial charge in [-0.15, -0.1) is 0 Å². The standard InChI is InChI=1S/C22H32O4/c1-13-10-18-16-5-4-14-11-15(24)6-8-20(14,2)17(16)7-9-21(18,3)22(13,26)19(25)12-23/h7,13-14,16,18,23,26H,4-6,8-12H2,1-3H3/t13-,14+,16+,18-,20-,21-,22-/m0/s1. The zero-order valence-corrected chi connectivity index (χ0v) is 16.3. The summed E-state index contributed by atoms with van der Waals surface area (Å²) in [6.07, 6.45) is 8.28. The third-order valence-electron chi connectivity index (χ3n) is 8.99. The second kappa shape index (κ2) is 5.75. The number of ketones is 2. The molecule has 3 saturated carbocycles. The van der Waals surface area contributed by atoms with Gasteiger partial charge in [-0.25, -0.2) is 0 Å². The zero-order valence-electron chi connectivity index (χ0n) is 16.3. The summed E-state index contributed by atoms with van der Waals surface area (Å²) in [5, 5.41) is 20.9. The third-order valence-corrected chi connectivity index (χ3v) is 8.99. The van der Waals surface area contributed by atoms with Crippen molar-refractivity contribution in [3.63, 3.8) is 0 Å². The average Bonchev–Trinajstić information content (AvgIpc) is 2.83. The molecule has 0 heterocycles. The summed E-state index contributed by atoms with van der Waals surface area (Å²) in [5.41, 5.74) is -0.344. The van der Waals surface area contributed by atoms with Gasteiger partial charge in [0.05, 0.1) is 0 Å². The van der Waals surface area contributed by atoms with Gasteiger partial charge in [0.25, 0.3) is 0 Å². The molecule has 0 unspecified atom stereocenters. The molecule has 0 aromatic carbocycles. The topological polar surface area (TPSA) is 74.6 Å². The molecule has 0 aromatic heterocycles. The van der Waals surface area contributed by atoms with Gasteiger partial charge in [0.2, 0.25) is 0 Å². The molecule has 26 heavy (non-hydrogen) atoms. The highest BCUT2D eigenvalue weighted by Gasteiger charge is 2.67. The smallest absolute Gasteiger partial charge is 0.190 e. The lowest BCUT2D eigenvalue weighted by molar-refractivity contribution is -0.162. The van der Waals surface area contributed by atoms with Crippen LogP contribution in [-0.4, -0.2) is 34.0 Å². The number of carbonyl (C=O) groups is 2. The highest BCUT2D eigenvalue weighted by atomic mass is 16.3. The first-order valence-electron chi connectivity index (χ1n) is 10.3. The molecule has 4 nitrogen and oxygen atoms in total. The highest BCUT2D eigenvalue weighted by Crippen LogP contribution is 2.67. The molecule has 0 bridgehead atoms. The van der Waals surface area contributed by atoms with E-state index in [9.17, 15) is 19.8 Å². The Morgan fingerprint density at radius 2 is 2.04 bits per heavy atom. The van der Waals surface area contributed by atoms with Crippen molar-refractivity contribution in [1.82, 2.24) is 0 Å². The largest absolute Gasteiger partial charge is 0.388 e. The minimum absolute atomic E-state index is 0.100. The van der Waals surface area contributed by atoms with Gasteiger partial charge in [-0.3, -0.25) is 9.59 Å². The predicted octanol–water partition coefficient (Wildman–Crippen LogP) is 3.06. The maximum atomic E-state index is 12.5. The fraction of sp³-hybridized carbons (Fsp3) is 0.818. The molecule has 144 valence electrons. The van der Waals surface area contributed by atoms with Gasteiger partial charge < -0.3 is 10.2 Å². The molecule has 0 saturated heterocycles. The van der Waals surface area contributed by atoms with Crippen molar-refractivity contribution in [2.24, 2.45) is 34.5 Å². The van der Waals surface area contributed by atoms with Crippen LogP contribution in [0, 0.1) is 34.5 Å². The van der Waals surface area contributed by atoms with E-state index in [2.05, 4.69) is 19.9 Å². The van der Waals surface area contributed by atoms with Crippen molar-refractivity contribution < 1.29 is 19.8 Å². The summed E-state index contributed by atoms with van der Waals surface area (Å²) >= 11 is 0. The third kappa shape index (κ3) is 2.09. The fourth-order valence-corrected chi connectivity index (χ4v) is 7.38. The molecular formula is C22H32O4. The molecule has 2 N–H and O–H groups in total. The van der Waals surface area contributed by atoms with Crippen LogP contribution in [0.2, 0.25) is 0 Å². The molecule has 4 aliphatic rings. The first-order valence-corrected chi connectivity index (χ1v) is 10.3. The van der Waals surface area contributed by atoms with E-state index in [1.54, 1.807) is 0 Å². The van der Waals surface area contributed by atoms with Crippen LogP contribution in [0.5, 0.6) is 0 Å². The minimum Gasteiger partial charge on any atom is -0.388 e. The Balaban J connectivity index is 1.74. The molecule has 0 radical (unpaired) electrons. The van der Waals surface area contributed by atoms with E-state index in [-0.39, 0.29) is 17.3 Å². The average molecular weight is 360 g/mol. The van der Waals surface area contributed by atoms with E-state index >= 15 is 0 Å². The van der Waals surface area contributed by atoms with Crippen molar-refractivity contribution in [3.05, 3.63) is 11.6 Å². The number of carbonyl (C=O) groups excluding carboxylic acids is 2. The van der Waals surface area contributed by atoms with Gasteiger partial charge in [0.1, 0.15) is 18.0 Å². The van der Waals surface area contributed by atoms with E-state index in [0.29, 0.717) is 36.9 Å². The number of fused-ring (bicyclic) bond motifs is 5. The number of hydrogen-bond acceptors (Lipinski definition) is 4. The van der Waals surface area contributed by atoms with Crippen molar-refractivity contribution in [1.29, 1.82) is 0 Å². The summed E-state index contributed by atoms with van der Waals surface area (Å²) in [5.74, 6) is 0.968. The molecule has 0 amide bonds. The molecule has 0 aliphatic heterocycles. The Labute approximate surface area is 156 Å². The second-order valence-electron chi connectivity index (χ2n) is 9.91. The maximum Gasteiger partial charge on any atom is 0.190 e. The van der Waals surface area contributed by atoms with Gasteiger partial charge in [-0.05, 0) is 61.2 Å². The summed E-state index contributed by atoms with van der Waals surface area (Å²) in [6.45, 7) is 5.77. The van der Waals surface area contributed by atoms with Crippen molar-refractivity contribution in [2.75, 3.05) is 6.61 Å². The van der Waals surface area contributed by atoms with Gasteiger partial charge in [-0.1, -0.05) is 32.4 Å². The number of rotatable bonds is 2. The Kier molecular flexibility index (Phi) is 4.06. The van der Waals surface area contributed by atoms with E-state index in [0.717, 1.165) is 25.7 Å². The lowest BCUT2D eigenvalue weighted by atomic mass is 9.48. The predicted molar refractivity (Wildman–Crippen MR) is 98.3 cm³/mol. The van der Waals surface area contributed by atoms with Gasteiger partial charge >= 0.3 is 0 Å². The summed E-state index contributed by atoms with van der Waals surface area (Å²) in [4.78, 5) is 24.5. The molecule has 3 fully saturated rings. The van der Waals surface area contributed by atoms with Crippen LogP contribution in [0.25, 0.3) is 0 Å². The normalized spacial score (nSPS) is 50.5. The van der Waals surface area contributed by atoms with Crippen LogP contribution in [0.3, 0.4) is 0 Å². The molecule has 4 aliphatic carbocycles. The second-order valence-corrected chi connectivity index (χ2v) is 9.91. The van der Waals surface area contributed by atoms with E-state index in [1.807, 2.05) is 6.92 Å². The highest BCUT2D eigenvalue weighted by molar-refractivity contribution is 5.90. The molecular weight excluding hydrogens is 328 g/mol. The quantitative estimate of drug-likeness (QED) is 0.742. The van der Waals surface area contributed by atoms with Crippen LogP contribution in [0.1, 0.15) is 65.7 Å². The molecule has 7 atom stereocenters. The van der Waals surface area contributed by atoms with Gasteiger partial charge in [-0.2, -0.15) is 0 Å². The Morgan fingerprint density at radius 1 is 1.31 bits per heavy atom. The molecule has 0 spiro atoms. The van der Waals surface area contributed by atoms with Gasteiger partial charge in [0, 0.05) is 18.3 Å². The van der Waals surface area contributed by atoms with E-state index in [4.69, 9.17) is 0 Å². The van der Waals surface area contributed by atoms with Crippen molar-refractivity contribution in [3.8, 4) is 0 Å². The van der Waals surface area contributed by atoms with Crippen LogP contribution in [0.4, 0.5) is 0 Å². The fourth-order valence-electron chi connectivity index (χ4n) is 7.38. The number of hydrogen-bond donors (Lipinski definition) is 2. The van der Waals surface area contributed by atoms with E-state index in [1.165, 1.54) is 5.57 Å². The van der Waals surface area contributed by atoms with Gasteiger partial charge in [0.15, 0.2) is 5.78 Å². The monoisotopic (exact) mass is 360 g/mol. The lowest BCUT2D eigenvalue weighted by Crippen LogP contribution is -2.58. The van der Waals surface area contributed by atoms with Crippen LogP contribution >= 0.6 is 0 Å². The van der Waals surface area contributed by atoms with Crippen molar-refractivity contribution >= 4 is 11.6 Å². The Bertz CT molecular complexity index is 682. The van der Waals surface area contributed by atoms with Crippen molar-refractivity contribution in [2.45, 2.75) is 71.3 Å². The molecule has 4 heteroatoms. The maximum absolute atomic E-state index is 12.5. The number of aliphatic hydroxyl groups excluding tert-OH is 1. The Morgan fingerprint density at radius 3 is 2.73 bits per heavy atom. The minimum atomic E-state index is -1.44.